The first-order valence-electron chi connectivity index (χ1n) is 17.5. The molecule has 0 aliphatic rings. The highest BCUT2D eigenvalue weighted by molar-refractivity contribution is 7.74. The van der Waals surface area contributed by atoms with E-state index in [4.69, 9.17) is 0 Å². The van der Waals surface area contributed by atoms with Crippen LogP contribution in [-0.4, -0.2) is 51.3 Å². The van der Waals surface area contributed by atoms with E-state index in [1.807, 2.05) is 12.2 Å². The molecule has 0 bridgehead atoms. The van der Waals surface area contributed by atoms with Crippen molar-refractivity contribution < 1.29 is 0 Å². The standard InChI is InChI=1S/C38H74P2/c1-7-9-11-13-15-17-19-21-23-25-27-31-35-39(3,4)37-33-29-30-34-38-40(5,6)36-32-28-26-24-22-20-18-16-14-12-10-8-2/h7-12H,1-2,13-38H2,3-6H3/q+2/b11-9+,12-10+. The number of allylic oxidation sites excluding steroid dienone is 6. The number of hydrogen-bond donors (Lipinski definition) is 0. The van der Waals surface area contributed by atoms with Crippen LogP contribution in [0.4, 0.5) is 0 Å². The smallest absolute Gasteiger partial charge is 0.0589 e. The van der Waals surface area contributed by atoms with Gasteiger partial charge in [0, 0.05) is 41.2 Å². The van der Waals surface area contributed by atoms with E-state index in [1.54, 1.807) is 0 Å². The van der Waals surface area contributed by atoms with Gasteiger partial charge in [0.05, 0.1) is 24.6 Å². The summed E-state index contributed by atoms with van der Waals surface area (Å²) in [5.41, 5.74) is 0. The Bertz CT molecular complexity index is 559. The van der Waals surface area contributed by atoms with Crippen molar-refractivity contribution in [3.63, 3.8) is 0 Å². The quantitative estimate of drug-likeness (QED) is 0.0427. The van der Waals surface area contributed by atoms with Gasteiger partial charge in [-0.2, -0.15) is 0 Å². The lowest BCUT2D eigenvalue weighted by Crippen LogP contribution is -2.03. The summed E-state index contributed by atoms with van der Waals surface area (Å²) in [5.74, 6) is 0. The van der Waals surface area contributed by atoms with Crippen molar-refractivity contribution in [2.24, 2.45) is 0 Å². The molecule has 0 rings (SSSR count). The Kier molecular flexibility index (Phi) is 28.8. The lowest BCUT2D eigenvalue weighted by atomic mass is 10.1. The fourth-order valence-corrected chi connectivity index (χ4v) is 10.5. The van der Waals surface area contributed by atoms with E-state index in [0.717, 1.165) is 0 Å². The minimum Gasteiger partial charge on any atom is -0.0991 e. The summed E-state index contributed by atoms with van der Waals surface area (Å²) in [6, 6.07) is 0. The molecule has 0 fully saturated rings. The third-order valence-corrected chi connectivity index (χ3v) is 14.7. The molecule has 0 aromatic heterocycles. The maximum absolute atomic E-state index is 3.73. The average Bonchev–Trinajstić information content (AvgIpc) is 2.91. The SMILES string of the molecule is C=C/C=C/CCCCCCCCCC[P+](C)(C)CCCCCC[P+](C)(C)CCCCCCCCCC/C=C/C=C. The molecule has 0 saturated carbocycles. The second kappa shape index (κ2) is 28.9. The molecule has 0 radical (unpaired) electrons. The van der Waals surface area contributed by atoms with Gasteiger partial charge in [-0.1, -0.05) is 114 Å². The van der Waals surface area contributed by atoms with Crippen molar-refractivity contribution in [2.45, 2.75) is 141 Å². The molecule has 0 aliphatic heterocycles. The molecule has 0 amide bonds. The molecule has 0 atom stereocenters. The Hall–Kier alpha value is -0.180. The summed E-state index contributed by atoms with van der Waals surface area (Å²) in [5, 5.41) is 0. The third-order valence-electron chi connectivity index (χ3n) is 8.59. The Morgan fingerprint density at radius 2 is 0.575 bits per heavy atom. The summed E-state index contributed by atoms with van der Waals surface area (Å²) in [4.78, 5) is 0. The Labute approximate surface area is 256 Å². The van der Waals surface area contributed by atoms with E-state index < -0.39 is 14.5 Å². The second-order valence-electron chi connectivity index (χ2n) is 13.7. The summed E-state index contributed by atoms with van der Waals surface area (Å²) >= 11 is 0. The maximum Gasteiger partial charge on any atom is 0.0589 e. The van der Waals surface area contributed by atoms with E-state index >= 15 is 0 Å². The monoisotopic (exact) mass is 593 g/mol. The topological polar surface area (TPSA) is 0 Å². The molecule has 0 heterocycles. The summed E-state index contributed by atoms with van der Waals surface area (Å²) in [7, 11) is -1.31. The van der Waals surface area contributed by atoms with E-state index in [2.05, 4.69) is 64.1 Å². The van der Waals surface area contributed by atoms with Gasteiger partial charge in [-0.15, -0.1) is 0 Å². The van der Waals surface area contributed by atoms with Crippen LogP contribution in [0.15, 0.2) is 49.6 Å². The zero-order valence-corrected chi connectivity index (χ0v) is 29.9. The zero-order chi connectivity index (χ0) is 29.6. The van der Waals surface area contributed by atoms with Gasteiger partial charge in [-0.3, -0.25) is 0 Å². The normalized spacial score (nSPS) is 12.6. The maximum atomic E-state index is 3.73. The van der Waals surface area contributed by atoms with Crippen LogP contribution >= 0.6 is 14.5 Å². The van der Waals surface area contributed by atoms with Crippen molar-refractivity contribution in [3.8, 4) is 0 Å². The first-order valence-corrected chi connectivity index (χ1v) is 23.6. The van der Waals surface area contributed by atoms with Crippen molar-refractivity contribution in [2.75, 3.05) is 51.3 Å². The molecule has 0 nitrogen and oxygen atoms in total. The van der Waals surface area contributed by atoms with Gasteiger partial charge in [-0.25, -0.2) is 0 Å². The third kappa shape index (κ3) is 30.8. The average molecular weight is 593 g/mol. The molecular formula is C38H74P2+2. The fourth-order valence-electron chi connectivity index (χ4n) is 5.77. The molecule has 0 aliphatic carbocycles. The summed E-state index contributed by atoms with van der Waals surface area (Å²) in [6.07, 6.45) is 49.9. The van der Waals surface area contributed by atoms with Gasteiger partial charge in [0.1, 0.15) is 0 Å². The largest absolute Gasteiger partial charge is 0.0991 e. The summed E-state index contributed by atoms with van der Waals surface area (Å²) in [6.45, 7) is 18.0. The molecule has 40 heavy (non-hydrogen) atoms. The molecule has 0 aromatic carbocycles. The highest BCUT2D eigenvalue weighted by atomic mass is 31.2. The number of unbranched alkanes of at least 4 members (excludes halogenated alkanes) is 19. The Morgan fingerprint density at radius 1 is 0.350 bits per heavy atom. The van der Waals surface area contributed by atoms with Gasteiger partial charge in [-0.05, 0) is 77.0 Å². The lowest BCUT2D eigenvalue weighted by molar-refractivity contribution is 0.578. The Balaban J connectivity index is 3.54. The van der Waals surface area contributed by atoms with Crippen LogP contribution in [-0.2, 0) is 0 Å². The van der Waals surface area contributed by atoms with Gasteiger partial charge in [0.2, 0.25) is 0 Å². The minimum absolute atomic E-state index is 0.653. The zero-order valence-electron chi connectivity index (χ0n) is 28.2. The van der Waals surface area contributed by atoms with Crippen LogP contribution in [0.3, 0.4) is 0 Å². The van der Waals surface area contributed by atoms with E-state index in [1.165, 1.54) is 166 Å². The Morgan fingerprint density at radius 3 is 0.825 bits per heavy atom. The first-order chi connectivity index (χ1) is 19.3. The van der Waals surface area contributed by atoms with E-state index in [9.17, 15) is 0 Å². The van der Waals surface area contributed by atoms with Gasteiger partial charge < -0.3 is 0 Å². The molecular weight excluding hydrogens is 518 g/mol. The van der Waals surface area contributed by atoms with Crippen molar-refractivity contribution in [1.29, 1.82) is 0 Å². The molecule has 2 heteroatoms. The first kappa shape index (κ1) is 39.8. The predicted molar refractivity (Wildman–Crippen MR) is 197 cm³/mol. The van der Waals surface area contributed by atoms with Crippen LogP contribution in [0.5, 0.6) is 0 Å². The highest BCUT2D eigenvalue weighted by Gasteiger charge is 2.25. The van der Waals surface area contributed by atoms with Crippen LogP contribution in [0.2, 0.25) is 0 Å². The minimum atomic E-state index is -0.653. The van der Waals surface area contributed by atoms with E-state index in [-0.39, 0.29) is 0 Å². The number of hydrogen-bond acceptors (Lipinski definition) is 0. The predicted octanol–water partition coefficient (Wildman–Crippen LogP) is 13.6. The number of rotatable bonds is 31. The molecule has 0 saturated heterocycles. The molecule has 0 unspecified atom stereocenters. The van der Waals surface area contributed by atoms with Crippen molar-refractivity contribution in [3.05, 3.63) is 49.6 Å². The van der Waals surface area contributed by atoms with Crippen LogP contribution in [0.25, 0.3) is 0 Å². The lowest BCUT2D eigenvalue weighted by Gasteiger charge is -2.19. The van der Waals surface area contributed by atoms with Crippen LogP contribution in [0, 0.1) is 0 Å². The molecule has 0 N–H and O–H groups in total. The van der Waals surface area contributed by atoms with E-state index in [0.29, 0.717) is 0 Å². The second-order valence-corrected chi connectivity index (χ2v) is 23.3. The van der Waals surface area contributed by atoms with Gasteiger partial charge in [0.15, 0.2) is 0 Å². The molecule has 0 spiro atoms. The summed E-state index contributed by atoms with van der Waals surface area (Å²) < 4.78 is 0. The highest BCUT2D eigenvalue weighted by Crippen LogP contribution is 2.54. The van der Waals surface area contributed by atoms with Gasteiger partial charge >= 0.3 is 0 Å². The molecule has 234 valence electrons. The van der Waals surface area contributed by atoms with Crippen molar-refractivity contribution >= 4 is 14.5 Å². The van der Waals surface area contributed by atoms with Crippen molar-refractivity contribution in [1.82, 2.24) is 0 Å². The fraction of sp³-hybridized carbons (Fsp3) is 0.789. The molecule has 0 aromatic rings. The van der Waals surface area contributed by atoms with Crippen LogP contribution < -0.4 is 0 Å². The van der Waals surface area contributed by atoms with Crippen LogP contribution in [0.1, 0.15) is 141 Å². The van der Waals surface area contributed by atoms with Gasteiger partial charge in [0.25, 0.3) is 0 Å².